The number of methoxy groups -OCH3 is 2. The minimum Gasteiger partial charge on any atom is -0.495 e. The highest BCUT2D eigenvalue weighted by molar-refractivity contribution is 6.33. The number of nitrogens with two attached hydrogens (primary N) is 1. The molecule has 0 saturated heterocycles. The molecule has 0 spiro atoms. The molecule has 2 N–H and O–H groups in total. The fourth-order valence-electron chi connectivity index (χ4n) is 1.63. The number of aryl methyl sites for hydroxylation is 1. The number of rotatable bonds is 5. The van der Waals surface area contributed by atoms with E-state index < -0.39 is 0 Å². The van der Waals surface area contributed by atoms with Crippen molar-refractivity contribution < 1.29 is 14.3 Å². The predicted octanol–water partition coefficient (Wildman–Crippen LogP) is 2.31. The monoisotopic (exact) mass is 245 g/mol. The number of benzene rings is 1. The molecule has 1 aromatic rings. The maximum atomic E-state index is 6.19. The van der Waals surface area contributed by atoms with E-state index in [9.17, 15) is 0 Å². The van der Waals surface area contributed by atoms with Crippen LogP contribution in [0.2, 0.25) is 5.02 Å². The van der Waals surface area contributed by atoms with E-state index in [1.54, 1.807) is 14.2 Å². The van der Waals surface area contributed by atoms with Crippen LogP contribution in [0, 0.1) is 0 Å². The van der Waals surface area contributed by atoms with Gasteiger partial charge in [-0.2, -0.15) is 0 Å². The summed E-state index contributed by atoms with van der Waals surface area (Å²) in [5.41, 5.74) is 1.81. The van der Waals surface area contributed by atoms with Crippen LogP contribution in [0.15, 0.2) is 6.07 Å². The zero-order valence-corrected chi connectivity index (χ0v) is 10.4. The highest BCUT2D eigenvalue weighted by Gasteiger charge is 2.17. The molecule has 0 heterocycles. The van der Waals surface area contributed by atoms with Gasteiger partial charge in [0.05, 0.1) is 20.8 Å². The summed E-state index contributed by atoms with van der Waals surface area (Å²) < 4.78 is 10.5. The molecule has 0 aromatic heterocycles. The molecule has 0 radical (unpaired) electrons. The van der Waals surface area contributed by atoms with Crippen LogP contribution in [-0.4, -0.2) is 14.2 Å². The van der Waals surface area contributed by atoms with Crippen molar-refractivity contribution in [3.8, 4) is 11.5 Å². The van der Waals surface area contributed by atoms with Gasteiger partial charge >= 0.3 is 0 Å². The van der Waals surface area contributed by atoms with Gasteiger partial charge in [0.25, 0.3) is 0 Å². The van der Waals surface area contributed by atoms with Gasteiger partial charge in [-0.3, -0.25) is 4.84 Å². The van der Waals surface area contributed by atoms with Crippen molar-refractivity contribution in [2.24, 2.45) is 5.90 Å². The summed E-state index contributed by atoms with van der Waals surface area (Å²) in [4.78, 5) is 4.62. The SMILES string of the molecule is CCc1cc(CON)c(OC)c(Cl)c1OC. The summed E-state index contributed by atoms with van der Waals surface area (Å²) in [5, 5.41) is 0.455. The molecule has 0 fully saturated rings. The molecule has 16 heavy (non-hydrogen) atoms. The Balaban J connectivity index is 3.35. The van der Waals surface area contributed by atoms with E-state index in [-0.39, 0.29) is 6.61 Å². The topological polar surface area (TPSA) is 53.7 Å². The summed E-state index contributed by atoms with van der Waals surface area (Å²) in [6.07, 6.45) is 0.810. The summed E-state index contributed by atoms with van der Waals surface area (Å²) in [6.45, 7) is 2.27. The first-order valence-corrected chi connectivity index (χ1v) is 5.31. The molecule has 5 heteroatoms. The first-order chi connectivity index (χ1) is 7.69. The van der Waals surface area contributed by atoms with Gasteiger partial charge in [0.2, 0.25) is 0 Å². The van der Waals surface area contributed by atoms with Crippen molar-refractivity contribution in [1.29, 1.82) is 0 Å². The van der Waals surface area contributed by atoms with Crippen molar-refractivity contribution in [1.82, 2.24) is 0 Å². The van der Waals surface area contributed by atoms with Gasteiger partial charge < -0.3 is 9.47 Å². The molecule has 0 atom stereocenters. The van der Waals surface area contributed by atoms with Gasteiger partial charge in [-0.05, 0) is 18.1 Å². The van der Waals surface area contributed by atoms with Crippen molar-refractivity contribution in [2.75, 3.05) is 14.2 Å². The first-order valence-electron chi connectivity index (χ1n) is 4.93. The van der Waals surface area contributed by atoms with E-state index in [1.165, 1.54) is 0 Å². The Hall–Kier alpha value is -0.970. The van der Waals surface area contributed by atoms with Crippen molar-refractivity contribution in [2.45, 2.75) is 20.0 Å². The lowest BCUT2D eigenvalue weighted by Gasteiger charge is -2.16. The Bertz CT molecular complexity index is 369. The fraction of sp³-hybridized carbons (Fsp3) is 0.455. The van der Waals surface area contributed by atoms with Gasteiger partial charge in [0.1, 0.15) is 16.5 Å². The number of hydrogen-bond donors (Lipinski definition) is 1. The number of hydrogen-bond acceptors (Lipinski definition) is 4. The Morgan fingerprint density at radius 3 is 2.19 bits per heavy atom. The van der Waals surface area contributed by atoms with Crippen LogP contribution in [0.1, 0.15) is 18.1 Å². The molecule has 0 saturated carbocycles. The third-order valence-corrected chi connectivity index (χ3v) is 2.70. The average molecular weight is 246 g/mol. The molecule has 90 valence electrons. The van der Waals surface area contributed by atoms with Crippen LogP contribution in [0.5, 0.6) is 11.5 Å². The van der Waals surface area contributed by atoms with Crippen LogP contribution < -0.4 is 15.4 Å². The molecule has 0 bridgehead atoms. The van der Waals surface area contributed by atoms with Crippen LogP contribution in [0.25, 0.3) is 0 Å². The fourth-order valence-corrected chi connectivity index (χ4v) is 2.02. The maximum absolute atomic E-state index is 6.19. The van der Waals surface area contributed by atoms with Crippen LogP contribution in [0.4, 0.5) is 0 Å². The van der Waals surface area contributed by atoms with Gasteiger partial charge in [-0.25, -0.2) is 5.90 Å². The quantitative estimate of drug-likeness (QED) is 0.809. The van der Waals surface area contributed by atoms with E-state index in [2.05, 4.69) is 4.84 Å². The molecular formula is C11H16ClNO3. The highest BCUT2D eigenvalue weighted by Crippen LogP contribution is 2.40. The molecule has 1 rings (SSSR count). The second kappa shape index (κ2) is 5.94. The Kier molecular flexibility index (Phi) is 4.86. The lowest BCUT2D eigenvalue weighted by Crippen LogP contribution is -2.04. The molecule has 4 nitrogen and oxygen atoms in total. The molecular weight excluding hydrogens is 230 g/mol. The van der Waals surface area contributed by atoms with E-state index >= 15 is 0 Å². The lowest BCUT2D eigenvalue weighted by atomic mass is 10.1. The first kappa shape index (κ1) is 13.1. The molecule has 0 aliphatic rings. The van der Waals surface area contributed by atoms with Gasteiger partial charge in [0, 0.05) is 5.56 Å². The minimum atomic E-state index is 0.250. The predicted molar refractivity (Wildman–Crippen MR) is 62.9 cm³/mol. The number of halogens is 1. The van der Waals surface area contributed by atoms with Gasteiger partial charge in [0.15, 0.2) is 0 Å². The van der Waals surface area contributed by atoms with Crippen molar-refractivity contribution >= 4 is 11.6 Å². The molecule has 0 aliphatic carbocycles. The van der Waals surface area contributed by atoms with Crippen LogP contribution in [0.3, 0.4) is 0 Å². The van der Waals surface area contributed by atoms with Gasteiger partial charge in [-0.1, -0.05) is 18.5 Å². The Labute approximate surface area is 100 Å². The zero-order valence-electron chi connectivity index (χ0n) is 9.67. The molecule has 0 amide bonds. The third kappa shape index (κ3) is 2.40. The highest BCUT2D eigenvalue weighted by atomic mass is 35.5. The smallest absolute Gasteiger partial charge is 0.146 e. The summed E-state index contributed by atoms with van der Waals surface area (Å²) in [5.74, 6) is 6.25. The molecule has 1 aromatic carbocycles. The zero-order chi connectivity index (χ0) is 12.1. The maximum Gasteiger partial charge on any atom is 0.146 e. The standard InChI is InChI=1S/C11H16ClNO3/c1-4-7-5-8(6-16-13)11(15-3)9(12)10(7)14-2/h5H,4,6,13H2,1-3H3. The normalized spacial score (nSPS) is 10.3. The second-order valence-corrected chi connectivity index (χ2v) is 3.62. The summed E-state index contributed by atoms with van der Waals surface area (Å²) in [7, 11) is 3.13. The second-order valence-electron chi connectivity index (χ2n) is 3.24. The largest absolute Gasteiger partial charge is 0.495 e. The van der Waals surface area contributed by atoms with Gasteiger partial charge in [-0.15, -0.1) is 0 Å². The third-order valence-electron chi connectivity index (χ3n) is 2.36. The average Bonchev–Trinajstić information content (AvgIpc) is 2.29. The minimum absolute atomic E-state index is 0.250. The summed E-state index contributed by atoms with van der Waals surface area (Å²) in [6, 6.07) is 1.93. The van der Waals surface area contributed by atoms with E-state index in [0.29, 0.717) is 16.5 Å². The molecule has 0 aliphatic heterocycles. The van der Waals surface area contributed by atoms with E-state index in [1.807, 2.05) is 13.0 Å². The van der Waals surface area contributed by atoms with Crippen molar-refractivity contribution in [3.05, 3.63) is 22.2 Å². The Morgan fingerprint density at radius 1 is 1.19 bits per heavy atom. The Morgan fingerprint density at radius 2 is 1.75 bits per heavy atom. The molecule has 0 unspecified atom stereocenters. The van der Waals surface area contributed by atoms with E-state index in [4.69, 9.17) is 27.0 Å². The summed E-state index contributed by atoms with van der Waals surface area (Å²) >= 11 is 6.19. The lowest BCUT2D eigenvalue weighted by molar-refractivity contribution is 0.122. The van der Waals surface area contributed by atoms with Crippen LogP contribution >= 0.6 is 11.6 Å². The van der Waals surface area contributed by atoms with Crippen molar-refractivity contribution in [3.63, 3.8) is 0 Å². The van der Waals surface area contributed by atoms with E-state index in [0.717, 1.165) is 17.5 Å². The van der Waals surface area contributed by atoms with Crippen LogP contribution in [-0.2, 0) is 17.9 Å². The number of ether oxygens (including phenoxy) is 2.